The van der Waals surface area contributed by atoms with Crippen molar-refractivity contribution in [3.63, 3.8) is 0 Å². The Bertz CT molecular complexity index is 857. The van der Waals surface area contributed by atoms with Gasteiger partial charge in [-0.2, -0.15) is 0 Å². The van der Waals surface area contributed by atoms with Gasteiger partial charge in [-0.15, -0.1) is 0 Å². The van der Waals surface area contributed by atoms with Crippen LogP contribution in [0.25, 0.3) is 6.08 Å². The summed E-state index contributed by atoms with van der Waals surface area (Å²) in [7, 11) is 0. The van der Waals surface area contributed by atoms with Gasteiger partial charge in [0.05, 0.1) is 32.8 Å². The van der Waals surface area contributed by atoms with Gasteiger partial charge in [-0.3, -0.25) is 4.79 Å². The molecule has 2 aromatic rings. The normalized spacial score (nSPS) is 17.1. The lowest BCUT2D eigenvalue weighted by atomic mass is 10.1. The lowest BCUT2D eigenvalue weighted by molar-refractivity contribution is -0.917. The summed E-state index contributed by atoms with van der Waals surface area (Å²) in [6.45, 7) is 5.32. The van der Waals surface area contributed by atoms with Crippen molar-refractivity contribution in [2.75, 3.05) is 32.8 Å². The van der Waals surface area contributed by atoms with Crippen molar-refractivity contribution >= 4 is 23.6 Å². The molecule has 0 radical (unpaired) electrons. The molecule has 5 heteroatoms. The number of fused-ring (bicyclic) bond motifs is 1. The number of amides is 1. The van der Waals surface area contributed by atoms with Crippen LogP contribution >= 0.6 is 11.6 Å². The Morgan fingerprint density at radius 3 is 2.81 bits per heavy atom. The molecule has 1 amide bonds. The molecule has 0 atom stereocenters. The summed E-state index contributed by atoms with van der Waals surface area (Å²) in [6, 6.07) is 14.1. The number of rotatable bonds is 4. The third-order valence-electron chi connectivity index (χ3n) is 5.30. The molecule has 2 aromatic carbocycles. The molecule has 0 saturated carbocycles. The second-order valence-corrected chi connectivity index (χ2v) is 7.55. The predicted octanol–water partition coefficient (Wildman–Crippen LogP) is 2.22. The van der Waals surface area contributed by atoms with Gasteiger partial charge in [0.15, 0.2) is 0 Å². The van der Waals surface area contributed by atoms with Crippen molar-refractivity contribution in [2.45, 2.75) is 13.0 Å². The summed E-state index contributed by atoms with van der Waals surface area (Å²) in [5.41, 5.74) is 3.55. The van der Waals surface area contributed by atoms with Crippen LogP contribution in [0.5, 0.6) is 5.75 Å². The van der Waals surface area contributed by atoms with Gasteiger partial charge >= 0.3 is 0 Å². The van der Waals surface area contributed by atoms with Crippen molar-refractivity contribution in [3.05, 3.63) is 70.3 Å². The van der Waals surface area contributed by atoms with Gasteiger partial charge in [-0.25, -0.2) is 0 Å². The number of halogens is 1. The highest BCUT2D eigenvalue weighted by molar-refractivity contribution is 6.32. The highest BCUT2D eigenvalue weighted by Gasteiger charge is 2.23. The second-order valence-electron chi connectivity index (χ2n) is 7.15. The topological polar surface area (TPSA) is 34.0 Å². The summed E-state index contributed by atoms with van der Waals surface area (Å²) in [6.07, 6.45) is 4.45. The summed E-state index contributed by atoms with van der Waals surface area (Å²) in [5, 5.41) is 0.663. The van der Waals surface area contributed by atoms with Crippen molar-refractivity contribution in [3.8, 4) is 5.75 Å². The lowest BCUT2D eigenvalue weighted by Crippen LogP contribution is -3.13. The van der Waals surface area contributed by atoms with Gasteiger partial charge < -0.3 is 14.5 Å². The van der Waals surface area contributed by atoms with Crippen LogP contribution < -0.4 is 9.64 Å². The Balaban J connectivity index is 1.29. The Labute approximate surface area is 165 Å². The predicted molar refractivity (Wildman–Crippen MR) is 107 cm³/mol. The fourth-order valence-electron chi connectivity index (χ4n) is 3.74. The molecule has 140 valence electrons. The molecule has 1 fully saturated rings. The zero-order valence-corrected chi connectivity index (χ0v) is 16.0. The first kappa shape index (κ1) is 18.1. The minimum Gasteiger partial charge on any atom is -0.493 e. The molecule has 0 aromatic heterocycles. The van der Waals surface area contributed by atoms with Crippen LogP contribution in [-0.4, -0.2) is 43.6 Å². The number of carbonyl (C=O) groups excluding carboxylic acids is 1. The Kier molecular flexibility index (Phi) is 5.46. The number of nitrogens with zero attached hydrogens (tertiary/aromatic N) is 1. The van der Waals surface area contributed by atoms with E-state index in [1.807, 2.05) is 29.2 Å². The van der Waals surface area contributed by atoms with Gasteiger partial charge in [0.25, 0.3) is 0 Å². The molecule has 2 heterocycles. The first-order chi connectivity index (χ1) is 13.2. The average molecular weight is 384 g/mol. The molecule has 2 aliphatic rings. The van der Waals surface area contributed by atoms with Crippen molar-refractivity contribution < 1.29 is 14.4 Å². The van der Waals surface area contributed by atoms with Crippen molar-refractivity contribution in [2.24, 2.45) is 0 Å². The maximum atomic E-state index is 12.4. The number of ether oxygens (including phenoxy) is 1. The molecule has 4 rings (SSSR count). The quantitative estimate of drug-likeness (QED) is 0.821. The van der Waals surface area contributed by atoms with Gasteiger partial charge in [-0.05, 0) is 41.5 Å². The van der Waals surface area contributed by atoms with E-state index in [2.05, 4.69) is 18.2 Å². The number of carbonyl (C=O) groups is 1. The first-order valence-electron chi connectivity index (χ1n) is 9.49. The van der Waals surface area contributed by atoms with Crippen LogP contribution in [0.2, 0.25) is 5.02 Å². The fraction of sp³-hybridized carbons (Fsp3) is 0.318. The van der Waals surface area contributed by atoms with Crippen LogP contribution in [0.15, 0.2) is 48.5 Å². The maximum absolute atomic E-state index is 12.4. The van der Waals surface area contributed by atoms with Gasteiger partial charge in [-0.1, -0.05) is 29.8 Å². The van der Waals surface area contributed by atoms with Crippen molar-refractivity contribution in [1.82, 2.24) is 4.90 Å². The van der Waals surface area contributed by atoms with Crippen LogP contribution in [0.1, 0.15) is 16.7 Å². The molecular formula is C22H24ClN2O2+. The van der Waals surface area contributed by atoms with E-state index in [-0.39, 0.29) is 5.91 Å². The van der Waals surface area contributed by atoms with Crippen LogP contribution in [-0.2, 0) is 17.8 Å². The number of hydrogen-bond donors (Lipinski definition) is 1. The Hall–Kier alpha value is -2.30. The van der Waals surface area contributed by atoms with E-state index in [0.717, 1.165) is 57.1 Å². The van der Waals surface area contributed by atoms with E-state index >= 15 is 0 Å². The molecule has 0 spiro atoms. The van der Waals surface area contributed by atoms with Gasteiger partial charge in [0.1, 0.15) is 12.3 Å². The first-order valence-corrected chi connectivity index (χ1v) is 9.86. The van der Waals surface area contributed by atoms with E-state index in [1.165, 1.54) is 16.0 Å². The smallest absolute Gasteiger partial charge is 0.246 e. The van der Waals surface area contributed by atoms with E-state index < -0.39 is 0 Å². The number of piperazine rings is 1. The van der Waals surface area contributed by atoms with E-state index in [9.17, 15) is 4.79 Å². The minimum absolute atomic E-state index is 0.0589. The third-order valence-corrected chi connectivity index (χ3v) is 5.65. The SMILES string of the molecule is O=C(/C=C/c1ccccc1Cl)N1CC[NH+](Cc2ccc3c(c2)CCO3)CC1. The van der Waals surface area contributed by atoms with Crippen LogP contribution in [0, 0.1) is 0 Å². The summed E-state index contributed by atoms with van der Waals surface area (Å²) < 4.78 is 5.58. The highest BCUT2D eigenvalue weighted by Crippen LogP contribution is 2.25. The lowest BCUT2D eigenvalue weighted by Gasteiger charge is -2.31. The van der Waals surface area contributed by atoms with Gasteiger partial charge in [0, 0.05) is 23.1 Å². The second kappa shape index (κ2) is 8.15. The summed E-state index contributed by atoms with van der Waals surface area (Å²) >= 11 is 6.14. The van der Waals surface area contributed by atoms with Gasteiger partial charge in [0.2, 0.25) is 5.91 Å². The number of quaternary nitrogens is 1. The molecule has 2 aliphatic heterocycles. The molecule has 1 saturated heterocycles. The number of nitrogens with one attached hydrogen (secondary N) is 1. The minimum atomic E-state index is 0.0589. The monoisotopic (exact) mass is 383 g/mol. The van der Waals surface area contributed by atoms with Crippen molar-refractivity contribution in [1.29, 1.82) is 0 Å². The maximum Gasteiger partial charge on any atom is 0.246 e. The van der Waals surface area contributed by atoms with E-state index in [4.69, 9.17) is 16.3 Å². The zero-order chi connectivity index (χ0) is 18.6. The average Bonchev–Trinajstić information content (AvgIpc) is 3.15. The fourth-order valence-corrected chi connectivity index (χ4v) is 3.93. The molecular weight excluding hydrogens is 360 g/mol. The molecule has 0 unspecified atom stereocenters. The Morgan fingerprint density at radius 1 is 1.19 bits per heavy atom. The Morgan fingerprint density at radius 2 is 2.00 bits per heavy atom. The van der Waals surface area contributed by atoms with E-state index in [0.29, 0.717) is 5.02 Å². The molecule has 0 aliphatic carbocycles. The number of benzene rings is 2. The standard InChI is InChI=1S/C22H23ClN2O2/c23-20-4-2-1-3-18(20)6-8-22(26)25-12-10-24(11-13-25)16-17-5-7-21-19(15-17)9-14-27-21/h1-8,15H,9-14,16H2/p+1/b8-6+. The van der Waals surface area contributed by atoms with Crippen LogP contribution in [0.4, 0.5) is 0 Å². The molecule has 4 nitrogen and oxygen atoms in total. The van der Waals surface area contributed by atoms with E-state index in [1.54, 1.807) is 12.2 Å². The van der Waals surface area contributed by atoms with Crippen LogP contribution in [0.3, 0.4) is 0 Å². The largest absolute Gasteiger partial charge is 0.493 e. The molecule has 0 bridgehead atoms. The summed E-state index contributed by atoms with van der Waals surface area (Å²) in [4.78, 5) is 15.9. The summed E-state index contributed by atoms with van der Waals surface area (Å²) in [5.74, 6) is 1.10. The molecule has 1 N–H and O–H groups in total. The zero-order valence-electron chi connectivity index (χ0n) is 15.3. The number of hydrogen-bond acceptors (Lipinski definition) is 2. The molecule has 27 heavy (non-hydrogen) atoms. The third kappa shape index (κ3) is 4.34. The highest BCUT2D eigenvalue weighted by atomic mass is 35.5.